The topological polar surface area (TPSA) is 66.8 Å². The molecule has 1 aliphatic rings. The molecule has 1 amide bonds. The van der Waals surface area contributed by atoms with Crippen LogP contribution in [0.5, 0.6) is 5.75 Å². The fourth-order valence-corrected chi connectivity index (χ4v) is 5.07. The molecule has 1 fully saturated rings. The minimum atomic E-state index is -0.802. The Bertz CT molecular complexity index is 1230. The third-order valence-electron chi connectivity index (χ3n) is 5.11. The fourth-order valence-electron chi connectivity index (χ4n) is 3.61. The zero-order chi connectivity index (χ0) is 22.3. The molecule has 4 rings (SSSR count). The largest absolute Gasteiger partial charge is 0.507 e. The second-order valence-corrected chi connectivity index (χ2v) is 8.76. The van der Waals surface area contributed by atoms with E-state index < -0.39 is 17.7 Å². The molecule has 0 saturated carbocycles. The maximum absolute atomic E-state index is 13.1. The number of hydrogen-bond acceptors (Lipinski definition) is 5. The van der Waals surface area contributed by atoms with Gasteiger partial charge in [-0.2, -0.15) is 0 Å². The standard InChI is InChI=1S/C23H17Cl2NO4S/c1-12-8-9-31-22(12)19-18(20(27)13-4-3-5-14(24)10-13)21(28)23(29)26(19)15-6-7-17(30-2)16(25)11-15/h3-11,19,27H,1-2H3/b20-18-. The van der Waals surface area contributed by atoms with E-state index in [0.717, 1.165) is 10.4 Å². The van der Waals surface area contributed by atoms with Crippen molar-refractivity contribution < 1.29 is 19.4 Å². The Morgan fingerprint density at radius 2 is 1.90 bits per heavy atom. The number of ether oxygens (including phenoxy) is 1. The Labute approximate surface area is 193 Å². The molecule has 0 aliphatic carbocycles. The summed E-state index contributed by atoms with van der Waals surface area (Å²) in [4.78, 5) is 28.4. The van der Waals surface area contributed by atoms with Crippen molar-refractivity contribution in [1.29, 1.82) is 0 Å². The summed E-state index contributed by atoms with van der Waals surface area (Å²) >= 11 is 13.8. The Morgan fingerprint density at radius 1 is 1.13 bits per heavy atom. The molecule has 1 N–H and O–H groups in total. The van der Waals surface area contributed by atoms with Crippen molar-refractivity contribution >= 4 is 57.7 Å². The van der Waals surface area contributed by atoms with E-state index in [1.54, 1.807) is 42.5 Å². The van der Waals surface area contributed by atoms with Gasteiger partial charge in [0.15, 0.2) is 0 Å². The lowest BCUT2D eigenvalue weighted by Gasteiger charge is -2.25. The first-order valence-electron chi connectivity index (χ1n) is 9.28. The molecule has 158 valence electrons. The van der Waals surface area contributed by atoms with E-state index in [9.17, 15) is 14.7 Å². The van der Waals surface area contributed by atoms with E-state index in [2.05, 4.69) is 0 Å². The van der Waals surface area contributed by atoms with E-state index in [1.165, 1.54) is 23.3 Å². The molecular weight excluding hydrogens is 457 g/mol. The van der Waals surface area contributed by atoms with Crippen molar-refractivity contribution in [2.45, 2.75) is 13.0 Å². The summed E-state index contributed by atoms with van der Waals surface area (Å²) < 4.78 is 5.20. The number of amides is 1. The van der Waals surface area contributed by atoms with Crippen LogP contribution in [0, 0.1) is 6.92 Å². The van der Waals surface area contributed by atoms with E-state index >= 15 is 0 Å². The lowest BCUT2D eigenvalue weighted by atomic mass is 9.98. The van der Waals surface area contributed by atoms with Gasteiger partial charge in [0.2, 0.25) is 0 Å². The molecule has 1 saturated heterocycles. The van der Waals surface area contributed by atoms with Crippen molar-refractivity contribution in [3.05, 3.63) is 85.5 Å². The predicted octanol–water partition coefficient (Wildman–Crippen LogP) is 6.00. The van der Waals surface area contributed by atoms with Crippen LogP contribution >= 0.6 is 34.5 Å². The highest BCUT2D eigenvalue weighted by Crippen LogP contribution is 2.45. The second-order valence-electron chi connectivity index (χ2n) is 6.97. The van der Waals surface area contributed by atoms with Crippen LogP contribution in [-0.4, -0.2) is 23.9 Å². The normalized spacial score (nSPS) is 17.9. The molecule has 0 radical (unpaired) electrons. The Hall–Kier alpha value is -2.80. The van der Waals surface area contributed by atoms with E-state index in [-0.39, 0.29) is 11.3 Å². The molecule has 3 aromatic rings. The molecule has 0 spiro atoms. The number of methoxy groups -OCH3 is 1. The molecule has 0 bridgehead atoms. The summed E-state index contributed by atoms with van der Waals surface area (Å²) in [6, 6.07) is 12.5. The number of ketones is 1. The monoisotopic (exact) mass is 473 g/mol. The predicted molar refractivity (Wildman–Crippen MR) is 123 cm³/mol. The maximum atomic E-state index is 13.1. The lowest BCUT2D eigenvalue weighted by molar-refractivity contribution is -0.132. The molecule has 1 unspecified atom stereocenters. The van der Waals surface area contributed by atoms with Crippen LogP contribution in [0.3, 0.4) is 0 Å². The van der Waals surface area contributed by atoms with Gasteiger partial charge >= 0.3 is 0 Å². The first kappa shape index (κ1) is 21.4. The molecule has 1 atom stereocenters. The highest BCUT2D eigenvalue weighted by atomic mass is 35.5. The number of halogens is 2. The van der Waals surface area contributed by atoms with Gasteiger partial charge in [0.25, 0.3) is 11.7 Å². The summed E-state index contributed by atoms with van der Waals surface area (Å²) in [6.07, 6.45) is 0. The number of thiophene rings is 1. The van der Waals surface area contributed by atoms with Gasteiger partial charge in [-0.1, -0.05) is 35.3 Å². The van der Waals surface area contributed by atoms with Crippen LogP contribution in [0.2, 0.25) is 10.0 Å². The van der Waals surface area contributed by atoms with Gasteiger partial charge < -0.3 is 9.84 Å². The van der Waals surface area contributed by atoms with Crippen molar-refractivity contribution in [2.24, 2.45) is 0 Å². The fraction of sp³-hybridized carbons (Fsp3) is 0.130. The molecule has 1 aliphatic heterocycles. The smallest absolute Gasteiger partial charge is 0.300 e. The number of aryl methyl sites for hydroxylation is 1. The third-order valence-corrected chi connectivity index (χ3v) is 6.71. The second kappa shape index (κ2) is 8.38. The highest BCUT2D eigenvalue weighted by molar-refractivity contribution is 7.10. The quantitative estimate of drug-likeness (QED) is 0.286. The number of aliphatic hydroxyl groups is 1. The summed E-state index contributed by atoms with van der Waals surface area (Å²) in [5.41, 5.74) is 1.69. The van der Waals surface area contributed by atoms with Gasteiger partial charge in [-0.05, 0) is 54.3 Å². The number of hydrogen-bond donors (Lipinski definition) is 1. The lowest BCUT2D eigenvalue weighted by Crippen LogP contribution is -2.29. The highest BCUT2D eigenvalue weighted by Gasteiger charge is 2.48. The van der Waals surface area contributed by atoms with Gasteiger partial charge in [-0.3, -0.25) is 14.5 Å². The summed E-state index contributed by atoms with van der Waals surface area (Å²) in [7, 11) is 1.49. The van der Waals surface area contributed by atoms with Crippen molar-refractivity contribution in [3.8, 4) is 5.75 Å². The number of nitrogens with zero attached hydrogens (tertiary/aromatic N) is 1. The van der Waals surface area contributed by atoms with Gasteiger partial charge in [-0.15, -0.1) is 11.3 Å². The Balaban J connectivity index is 1.95. The number of carbonyl (C=O) groups is 2. The van der Waals surface area contributed by atoms with Crippen molar-refractivity contribution in [1.82, 2.24) is 0 Å². The molecule has 2 aromatic carbocycles. The van der Waals surface area contributed by atoms with Crippen LogP contribution in [0.4, 0.5) is 5.69 Å². The number of Topliss-reactive ketones (excluding diaryl/α,β-unsaturated/α-hetero) is 1. The van der Waals surface area contributed by atoms with Crippen LogP contribution in [0.15, 0.2) is 59.5 Å². The number of carbonyl (C=O) groups excluding carboxylic acids is 2. The number of rotatable bonds is 4. The zero-order valence-corrected chi connectivity index (χ0v) is 18.9. The average Bonchev–Trinajstić information content (AvgIpc) is 3.28. The molecule has 1 aromatic heterocycles. The maximum Gasteiger partial charge on any atom is 0.300 e. The summed E-state index contributed by atoms with van der Waals surface area (Å²) in [6.45, 7) is 1.90. The third kappa shape index (κ3) is 3.71. The SMILES string of the molecule is COc1ccc(N2C(=O)C(=O)/C(=C(\O)c3cccc(Cl)c3)C2c2sccc2C)cc1Cl. The Morgan fingerprint density at radius 3 is 2.52 bits per heavy atom. The first-order valence-corrected chi connectivity index (χ1v) is 10.9. The zero-order valence-electron chi connectivity index (χ0n) is 16.6. The first-order chi connectivity index (χ1) is 14.8. The molecule has 5 nitrogen and oxygen atoms in total. The van der Waals surface area contributed by atoms with Gasteiger partial charge in [0.1, 0.15) is 17.6 Å². The number of anilines is 1. The van der Waals surface area contributed by atoms with E-state index in [0.29, 0.717) is 27.0 Å². The minimum Gasteiger partial charge on any atom is -0.507 e. The minimum absolute atomic E-state index is 0.00440. The molecular formula is C23H17Cl2NO4S. The van der Waals surface area contributed by atoms with E-state index in [4.69, 9.17) is 27.9 Å². The Kier molecular flexibility index (Phi) is 5.79. The van der Waals surface area contributed by atoms with Gasteiger partial charge in [0, 0.05) is 21.2 Å². The van der Waals surface area contributed by atoms with Crippen LogP contribution < -0.4 is 9.64 Å². The van der Waals surface area contributed by atoms with Crippen LogP contribution in [-0.2, 0) is 9.59 Å². The summed E-state index contributed by atoms with van der Waals surface area (Å²) in [5.74, 6) is -1.35. The van der Waals surface area contributed by atoms with Gasteiger partial charge in [0.05, 0.1) is 17.7 Å². The number of aliphatic hydroxyl groups excluding tert-OH is 1. The van der Waals surface area contributed by atoms with Crippen molar-refractivity contribution in [3.63, 3.8) is 0 Å². The van der Waals surface area contributed by atoms with Crippen LogP contribution in [0.25, 0.3) is 5.76 Å². The van der Waals surface area contributed by atoms with Crippen LogP contribution in [0.1, 0.15) is 22.0 Å². The van der Waals surface area contributed by atoms with Gasteiger partial charge in [-0.25, -0.2) is 0 Å². The van der Waals surface area contributed by atoms with E-state index in [1.807, 2.05) is 18.4 Å². The molecule has 2 heterocycles. The molecule has 8 heteroatoms. The molecule has 31 heavy (non-hydrogen) atoms. The summed E-state index contributed by atoms with van der Waals surface area (Å²) in [5, 5.41) is 13.7. The average molecular weight is 474 g/mol. The number of benzene rings is 2. The van der Waals surface area contributed by atoms with Crippen molar-refractivity contribution in [2.75, 3.05) is 12.0 Å².